The zero-order valence-electron chi connectivity index (χ0n) is 11.0. The van der Waals surface area contributed by atoms with Crippen molar-refractivity contribution in [1.29, 1.82) is 0 Å². The lowest BCUT2D eigenvalue weighted by Crippen LogP contribution is -2.26. The first-order valence-corrected chi connectivity index (χ1v) is 6.21. The Morgan fingerprint density at radius 1 is 1.20 bits per heavy atom. The summed E-state index contributed by atoms with van der Waals surface area (Å²) < 4.78 is 0. The molecule has 3 rings (SSSR count). The van der Waals surface area contributed by atoms with Crippen molar-refractivity contribution in [2.45, 2.75) is 0 Å². The molecule has 0 saturated heterocycles. The van der Waals surface area contributed by atoms with Crippen molar-refractivity contribution in [3.05, 3.63) is 54.5 Å². The molecular weight excluding hydrogens is 252 g/mol. The van der Waals surface area contributed by atoms with Crippen LogP contribution in [0.2, 0.25) is 0 Å². The van der Waals surface area contributed by atoms with Crippen molar-refractivity contribution in [2.24, 2.45) is 0 Å². The molecule has 0 unspecified atom stereocenters. The van der Waals surface area contributed by atoms with E-state index in [0.29, 0.717) is 11.4 Å². The molecule has 0 fully saturated rings. The molecule has 3 N–H and O–H groups in total. The van der Waals surface area contributed by atoms with E-state index in [9.17, 15) is 4.79 Å². The molecule has 1 aromatic carbocycles. The number of nitrogen functional groups attached to an aromatic ring is 1. The maximum absolute atomic E-state index is 12.4. The molecule has 1 amide bonds. The van der Waals surface area contributed by atoms with Gasteiger partial charge in [0, 0.05) is 41.7 Å². The number of nitrogens with two attached hydrogens (primary N) is 1. The van der Waals surface area contributed by atoms with Crippen LogP contribution in [0, 0.1) is 0 Å². The number of fused-ring (bicyclic) bond motifs is 1. The standard InChI is InChI=1S/C15H14N4O/c1-19(12-4-6-17-7-5-12)15(20)14-9-10-8-11(16)2-3-13(10)18-14/h2-9,18H,16H2,1H3. The highest BCUT2D eigenvalue weighted by atomic mass is 16.2. The maximum Gasteiger partial charge on any atom is 0.274 e. The van der Waals surface area contributed by atoms with Gasteiger partial charge < -0.3 is 15.6 Å². The summed E-state index contributed by atoms with van der Waals surface area (Å²) >= 11 is 0. The van der Waals surface area contributed by atoms with Crippen LogP contribution in [-0.4, -0.2) is 22.9 Å². The van der Waals surface area contributed by atoms with Gasteiger partial charge in [0.2, 0.25) is 0 Å². The molecule has 5 nitrogen and oxygen atoms in total. The van der Waals surface area contributed by atoms with Crippen molar-refractivity contribution >= 4 is 28.2 Å². The lowest BCUT2D eigenvalue weighted by Gasteiger charge is -2.15. The van der Waals surface area contributed by atoms with Crippen LogP contribution in [0.1, 0.15) is 10.5 Å². The molecule has 0 aliphatic heterocycles. The first kappa shape index (κ1) is 12.2. The van der Waals surface area contributed by atoms with E-state index in [2.05, 4.69) is 9.97 Å². The SMILES string of the molecule is CN(C(=O)c1cc2cc(N)ccc2[nH]1)c1ccncc1. The average Bonchev–Trinajstić information content (AvgIpc) is 2.89. The molecule has 0 spiro atoms. The Bertz CT molecular complexity index is 764. The average molecular weight is 266 g/mol. The summed E-state index contributed by atoms with van der Waals surface area (Å²) in [6.45, 7) is 0. The summed E-state index contributed by atoms with van der Waals surface area (Å²) in [5, 5.41) is 0.927. The number of nitrogens with zero attached hydrogens (tertiary/aromatic N) is 2. The lowest BCUT2D eigenvalue weighted by atomic mass is 10.2. The number of H-pyrrole nitrogens is 1. The maximum atomic E-state index is 12.4. The van der Waals surface area contributed by atoms with Gasteiger partial charge in [0.05, 0.1) is 0 Å². The minimum absolute atomic E-state index is 0.106. The Labute approximate surface area is 116 Å². The number of carbonyl (C=O) groups excluding carboxylic acids is 1. The minimum atomic E-state index is -0.106. The number of rotatable bonds is 2. The van der Waals surface area contributed by atoms with Crippen LogP contribution in [0.4, 0.5) is 11.4 Å². The van der Waals surface area contributed by atoms with E-state index in [1.165, 1.54) is 0 Å². The van der Waals surface area contributed by atoms with Gasteiger partial charge in [-0.3, -0.25) is 9.78 Å². The second-order valence-electron chi connectivity index (χ2n) is 4.60. The molecule has 0 radical (unpaired) electrons. The summed E-state index contributed by atoms with van der Waals surface area (Å²) in [6.07, 6.45) is 3.32. The molecule has 2 heterocycles. The van der Waals surface area contributed by atoms with Gasteiger partial charge in [0.25, 0.3) is 5.91 Å². The first-order valence-electron chi connectivity index (χ1n) is 6.21. The number of aromatic nitrogens is 2. The fourth-order valence-corrected chi connectivity index (χ4v) is 2.13. The zero-order chi connectivity index (χ0) is 14.1. The van der Waals surface area contributed by atoms with E-state index in [0.717, 1.165) is 16.6 Å². The number of aromatic amines is 1. The van der Waals surface area contributed by atoms with Crippen LogP contribution in [0.25, 0.3) is 10.9 Å². The second kappa shape index (κ2) is 4.70. The fraction of sp³-hybridized carbons (Fsp3) is 0.0667. The molecule has 0 bridgehead atoms. The molecule has 100 valence electrons. The number of amides is 1. The molecule has 5 heteroatoms. The van der Waals surface area contributed by atoms with Crippen LogP contribution in [0.3, 0.4) is 0 Å². The van der Waals surface area contributed by atoms with Gasteiger partial charge in [0.1, 0.15) is 5.69 Å². The summed E-state index contributed by atoms with van der Waals surface area (Å²) in [5.41, 5.74) is 8.64. The van der Waals surface area contributed by atoms with Crippen LogP contribution < -0.4 is 10.6 Å². The van der Waals surface area contributed by atoms with E-state index in [-0.39, 0.29) is 5.91 Å². The molecule has 0 atom stereocenters. The van der Waals surface area contributed by atoms with Crippen LogP contribution in [0.15, 0.2) is 48.8 Å². The lowest BCUT2D eigenvalue weighted by molar-refractivity contribution is 0.0989. The van der Waals surface area contributed by atoms with E-state index in [1.54, 1.807) is 42.5 Å². The third-order valence-electron chi connectivity index (χ3n) is 3.23. The van der Waals surface area contributed by atoms with Crippen LogP contribution in [0.5, 0.6) is 0 Å². The Kier molecular flexibility index (Phi) is 2.87. The normalized spacial score (nSPS) is 10.7. The first-order chi connectivity index (χ1) is 9.65. The minimum Gasteiger partial charge on any atom is -0.399 e. The zero-order valence-corrected chi connectivity index (χ0v) is 11.0. The molecule has 0 aliphatic rings. The smallest absolute Gasteiger partial charge is 0.274 e. The number of pyridine rings is 1. The van der Waals surface area contributed by atoms with Gasteiger partial charge in [-0.1, -0.05) is 0 Å². The molecule has 0 aliphatic carbocycles. The van der Waals surface area contributed by atoms with Gasteiger partial charge in [0.15, 0.2) is 0 Å². The van der Waals surface area contributed by atoms with Crippen LogP contribution >= 0.6 is 0 Å². The van der Waals surface area contributed by atoms with Gasteiger partial charge in [-0.15, -0.1) is 0 Å². The third-order valence-corrected chi connectivity index (χ3v) is 3.23. The highest BCUT2D eigenvalue weighted by molar-refractivity contribution is 6.07. The third kappa shape index (κ3) is 2.09. The number of carbonyl (C=O) groups is 1. The Balaban J connectivity index is 1.96. The monoisotopic (exact) mass is 266 g/mol. The fourth-order valence-electron chi connectivity index (χ4n) is 2.13. The number of nitrogens with one attached hydrogen (secondary N) is 1. The summed E-state index contributed by atoms with van der Waals surface area (Å²) in [7, 11) is 1.73. The number of anilines is 2. The highest BCUT2D eigenvalue weighted by Gasteiger charge is 2.15. The predicted molar refractivity (Wildman–Crippen MR) is 79.7 cm³/mol. The molecule has 2 aromatic heterocycles. The Hall–Kier alpha value is -2.82. The van der Waals surface area contributed by atoms with E-state index in [4.69, 9.17) is 5.73 Å². The molecule has 20 heavy (non-hydrogen) atoms. The molecule has 0 saturated carbocycles. The number of hydrogen-bond donors (Lipinski definition) is 2. The van der Waals surface area contributed by atoms with Gasteiger partial charge in [-0.2, -0.15) is 0 Å². The van der Waals surface area contributed by atoms with Crippen molar-refractivity contribution in [3.8, 4) is 0 Å². The van der Waals surface area contributed by atoms with E-state index < -0.39 is 0 Å². The summed E-state index contributed by atoms with van der Waals surface area (Å²) in [4.78, 5) is 21.1. The largest absolute Gasteiger partial charge is 0.399 e. The van der Waals surface area contributed by atoms with Crippen molar-refractivity contribution < 1.29 is 4.79 Å². The van der Waals surface area contributed by atoms with Crippen molar-refractivity contribution in [2.75, 3.05) is 17.7 Å². The molecule has 3 aromatic rings. The van der Waals surface area contributed by atoms with Gasteiger partial charge >= 0.3 is 0 Å². The molecular formula is C15H14N4O. The number of benzene rings is 1. The Morgan fingerprint density at radius 3 is 2.70 bits per heavy atom. The van der Waals surface area contributed by atoms with Crippen molar-refractivity contribution in [3.63, 3.8) is 0 Å². The summed E-state index contributed by atoms with van der Waals surface area (Å²) in [5.74, 6) is -0.106. The summed E-state index contributed by atoms with van der Waals surface area (Å²) in [6, 6.07) is 10.9. The Morgan fingerprint density at radius 2 is 1.95 bits per heavy atom. The van der Waals surface area contributed by atoms with Crippen molar-refractivity contribution in [1.82, 2.24) is 9.97 Å². The topological polar surface area (TPSA) is 75.0 Å². The quantitative estimate of drug-likeness (QED) is 0.699. The predicted octanol–water partition coefficient (Wildman–Crippen LogP) is 2.42. The highest BCUT2D eigenvalue weighted by Crippen LogP contribution is 2.20. The van der Waals surface area contributed by atoms with Crippen LogP contribution in [-0.2, 0) is 0 Å². The second-order valence-corrected chi connectivity index (χ2v) is 4.60. The number of hydrogen-bond acceptors (Lipinski definition) is 3. The van der Waals surface area contributed by atoms with E-state index in [1.807, 2.05) is 18.2 Å². The van der Waals surface area contributed by atoms with E-state index >= 15 is 0 Å². The van der Waals surface area contributed by atoms with Gasteiger partial charge in [-0.05, 0) is 36.4 Å². The van der Waals surface area contributed by atoms with Gasteiger partial charge in [-0.25, -0.2) is 0 Å².